The lowest BCUT2D eigenvalue weighted by Gasteiger charge is -2.23. The minimum atomic E-state index is -0.194. The smallest absolute Gasteiger partial charge is 0.255 e. The molecule has 1 unspecified atom stereocenters. The van der Waals surface area contributed by atoms with E-state index >= 15 is 0 Å². The quantitative estimate of drug-likeness (QED) is 0.703. The zero-order valence-electron chi connectivity index (χ0n) is 16.6. The topological polar surface area (TPSA) is 56.8 Å². The molecule has 0 saturated carbocycles. The molecule has 1 amide bonds. The Kier molecular flexibility index (Phi) is 7.31. The first-order valence-corrected chi connectivity index (χ1v) is 9.99. The second-order valence-corrected chi connectivity index (χ2v) is 7.48. The van der Waals surface area contributed by atoms with Gasteiger partial charge in [-0.25, -0.2) is 0 Å². The van der Waals surface area contributed by atoms with Crippen molar-refractivity contribution in [3.8, 4) is 11.5 Å². The van der Waals surface area contributed by atoms with Gasteiger partial charge in [-0.2, -0.15) is 0 Å². The lowest BCUT2D eigenvalue weighted by Crippen LogP contribution is -2.26. The zero-order chi connectivity index (χ0) is 19.8. The largest absolute Gasteiger partial charge is 0.493 e. The standard InChI is InChI=1S/C23H29NO4/c1-17(2)15-27-19-10-7-8-18(14-19)23(25)24-21-11-3-4-12-22(21)28-16-20-9-5-6-13-26-20/h3-4,7-8,10-12,14,17,20H,5-6,9,13,15-16H2,1-2H3,(H,24,25). The number of hydrogen-bond acceptors (Lipinski definition) is 4. The molecule has 1 saturated heterocycles. The summed E-state index contributed by atoms with van der Waals surface area (Å²) < 4.78 is 17.4. The normalized spacial score (nSPS) is 16.6. The fourth-order valence-corrected chi connectivity index (χ4v) is 3.00. The molecule has 2 aromatic rings. The van der Waals surface area contributed by atoms with E-state index in [1.54, 1.807) is 12.1 Å². The van der Waals surface area contributed by atoms with Crippen molar-refractivity contribution >= 4 is 11.6 Å². The van der Waals surface area contributed by atoms with E-state index < -0.39 is 0 Å². The molecular formula is C23H29NO4. The lowest BCUT2D eigenvalue weighted by molar-refractivity contribution is -0.0109. The number of carbonyl (C=O) groups excluding carboxylic acids is 1. The van der Waals surface area contributed by atoms with Crippen LogP contribution in [0.1, 0.15) is 43.5 Å². The fraction of sp³-hybridized carbons (Fsp3) is 0.435. The third kappa shape index (κ3) is 5.99. The SMILES string of the molecule is CC(C)COc1cccc(C(=O)Nc2ccccc2OCC2CCCCO2)c1. The molecule has 0 bridgehead atoms. The molecule has 1 heterocycles. The van der Waals surface area contributed by atoms with Crippen molar-refractivity contribution in [1.82, 2.24) is 0 Å². The number of ether oxygens (including phenoxy) is 3. The van der Waals surface area contributed by atoms with E-state index in [1.165, 1.54) is 6.42 Å². The number of hydrogen-bond donors (Lipinski definition) is 1. The molecule has 5 heteroatoms. The first kappa shape index (κ1) is 20.2. The highest BCUT2D eigenvalue weighted by Gasteiger charge is 2.16. The second-order valence-electron chi connectivity index (χ2n) is 7.48. The van der Waals surface area contributed by atoms with E-state index in [2.05, 4.69) is 19.2 Å². The number of rotatable bonds is 8. The summed E-state index contributed by atoms with van der Waals surface area (Å²) in [4.78, 5) is 12.7. The van der Waals surface area contributed by atoms with Crippen LogP contribution < -0.4 is 14.8 Å². The Balaban J connectivity index is 1.63. The van der Waals surface area contributed by atoms with Crippen LogP contribution in [0, 0.1) is 5.92 Å². The first-order chi connectivity index (χ1) is 13.6. The summed E-state index contributed by atoms with van der Waals surface area (Å²) in [5, 5.41) is 2.95. The number of carbonyl (C=O) groups is 1. The van der Waals surface area contributed by atoms with Crippen LogP contribution in [0.25, 0.3) is 0 Å². The van der Waals surface area contributed by atoms with Crippen LogP contribution in [0.2, 0.25) is 0 Å². The second kappa shape index (κ2) is 10.1. The van der Waals surface area contributed by atoms with Gasteiger partial charge >= 0.3 is 0 Å². The van der Waals surface area contributed by atoms with Crippen LogP contribution in [0.4, 0.5) is 5.69 Å². The van der Waals surface area contributed by atoms with Crippen molar-refractivity contribution in [1.29, 1.82) is 0 Å². The van der Waals surface area contributed by atoms with E-state index in [-0.39, 0.29) is 12.0 Å². The maximum atomic E-state index is 12.7. The van der Waals surface area contributed by atoms with E-state index in [1.807, 2.05) is 36.4 Å². The van der Waals surface area contributed by atoms with Gasteiger partial charge in [-0.05, 0) is 55.5 Å². The van der Waals surface area contributed by atoms with Crippen molar-refractivity contribution in [2.75, 3.05) is 25.1 Å². The van der Waals surface area contributed by atoms with Gasteiger partial charge in [0.05, 0.1) is 18.4 Å². The van der Waals surface area contributed by atoms with Gasteiger partial charge in [0, 0.05) is 12.2 Å². The van der Waals surface area contributed by atoms with Gasteiger partial charge in [-0.1, -0.05) is 32.0 Å². The van der Waals surface area contributed by atoms with Crippen molar-refractivity contribution in [3.63, 3.8) is 0 Å². The van der Waals surface area contributed by atoms with Crippen molar-refractivity contribution < 1.29 is 19.0 Å². The monoisotopic (exact) mass is 383 g/mol. The Hall–Kier alpha value is -2.53. The molecule has 5 nitrogen and oxygen atoms in total. The van der Waals surface area contributed by atoms with E-state index in [0.29, 0.717) is 41.9 Å². The van der Waals surface area contributed by atoms with Crippen LogP contribution in [-0.2, 0) is 4.74 Å². The number of amides is 1. The molecule has 0 radical (unpaired) electrons. The third-order valence-corrected chi connectivity index (χ3v) is 4.51. The maximum Gasteiger partial charge on any atom is 0.255 e. The maximum absolute atomic E-state index is 12.7. The number of anilines is 1. The van der Waals surface area contributed by atoms with E-state index in [9.17, 15) is 4.79 Å². The Labute approximate surface area is 167 Å². The molecule has 1 atom stereocenters. The first-order valence-electron chi connectivity index (χ1n) is 9.99. The minimum absolute atomic E-state index is 0.118. The Morgan fingerprint density at radius 1 is 1.14 bits per heavy atom. The van der Waals surface area contributed by atoms with Crippen LogP contribution in [0.3, 0.4) is 0 Å². The lowest BCUT2D eigenvalue weighted by atomic mass is 10.1. The number of para-hydroxylation sites is 2. The molecule has 0 aromatic heterocycles. The van der Waals surface area contributed by atoms with Gasteiger partial charge in [0.25, 0.3) is 5.91 Å². The molecule has 2 aromatic carbocycles. The Morgan fingerprint density at radius 2 is 2.00 bits per heavy atom. The van der Waals surface area contributed by atoms with Crippen molar-refractivity contribution in [2.24, 2.45) is 5.92 Å². The average molecular weight is 383 g/mol. The van der Waals surface area contributed by atoms with Gasteiger partial charge in [-0.15, -0.1) is 0 Å². The highest BCUT2D eigenvalue weighted by molar-refractivity contribution is 6.05. The predicted octanol–water partition coefficient (Wildman–Crippen LogP) is 4.92. The predicted molar refractivity (Wildman–Crippen MR) is 110 cm³/mol. The Bertz CT molecular complexity index is 769. The summed E-state index contributed by atoms with van der Waals surface area (Å²) in [6, 6.07) is 14.7. The van der Waals surface area contributed by atoms with Gasteiger partial charge in [0.15, 0.2) is 0 Å². The van der Waals surface area contributed by atoms with Crippen LogP contribution >= 0.6 is 0 Å². The molecule has 3 rings (SSSR count). The molecule has 150 valence electrons. The van der Waals surface area contributed by atoms with E-state index in [4.69, 9.17) is 14.2 Å². The highest BCUT2D eigenvalue weighted by Crippen LogP contribution is 2.26. The molecule has 0 spiro atoms. The molecule has 1 fully saturated rings. The number of benzene rings is 2. The van der Waals surface area contributed by atoms with Crippen molar-refractivity contribution in [3.05, 3.63) is 54.1 Å². The average Bonchev–Trinajstić information content (AvgIpc) is 2.72. The molecule has 1 N–H and O–H groups in total. The van der Waals surface area contributed by atoms with Gasteiger partial charge in [0.2, 0.25) is 0 Å². The summed E-state index contributed by atoms with van der Waals surface area (Å²) in [7, 11) is 0. The minimum Gasteiger partial charge on any atom is -0.493 e. The van der Waals surface area contributed by atoms with Crippen LogP contribution in [-0.4, -0.2) is 31.8 Å². The van der Waals surface area contributed by atoms with Crippen LogP contribution in [0.15, 0.2) is 48.5 Å². The number of nitrogens with one attached hydrogen (secondary N) is 1. The fourth-order valence-electron chi connectivity index (χ4n) is 3.00. The Morgan fingerprint density at radius 3 is 2.79 bits per heavy atom. The van der Waals surface area contributed by atoms with Crippen molar-refractivity contribution in [2.45, 2.75) is 39.2 Å². The van der Waals surface area contributed by atoms with Gasteiger partial charge < -0.3 is 19.5 Å². The molecule has 1 aliphatic heterocycles. The molecule has 28 heavy (non-hydrogen) atoms. The summed E-state index contributed by atoms with van der Waals surface area (Å²) in [6.45, 7) is 6.08. The molecule has 0 aliphatic carbocycles. The van der Waals surface area contributed by atoms with E-state index in [0.717, 1.165) is 19.4 Å². The van der Waals surface area contributed by atoms with Gasteiger partial charge in [-0.3, -0.25) is 4.79 Å². The van der Waals surface area contributed by atoms with Crippen LogP contribution in [0.5, 0.6) is 11.5 Å². The third-order valence-electron chi connectivity index (χ3n) is 4.51. The highest BCUT2D eigenvalue weighted by atomic mass is 16.5. The summed E-state index contributed by atoms with van der Waals surface area (Å²) in [5.74, 6) is 1.58. The summed E-state index contributed by atoms with van der Waals surface area (Å²) in [6.07, 6.45) is 3.41. The molecule has 1 aliphatic rings. The zero-order valence-corrected chi connectivity index (χ0v) is 16.6. The summed E-state index contributed by atoms with van der Waals surface area (Å²) in [5.41, 5.74) is 1.20. The summed E-state index contributed by atoms with van der Waals surface area (Å²) >= 11 is 0. The molecular weight excluding hydrogens is 354 g/mol. The van der Waals surface area contributed by atoms with Gasteiger partial charge in [0.1, 0.15) is 18.1 Å².